The fourth-order valence-electron chi connectivity index (χ4n) is 1.76. The summed E-state index contributed by atoms with van der Waals surface area (Å²) in [6, 6.07) is 0. The maximum atomic E-state index is 4.16. The molecule has 3 nitrogen and oxygen atoms in total. The Kier molecular flexibility index (Phi) is 1.79. The third kappa shape index (κ3) is 1.19. The Bertz CT molecular complexity index is 231. The highest BCUT2D eigenvalue weighted by Crippen LogP contribution is 2.36. The van der Waals surface area contributed by atoms with Crippen molar-refractivity contribution >= 4 is 5.95 Å². The second kappa shape index (κ2) is 2.81. The van der Waals surface area contributed by atoms with E-state index >= 15 is 0 Å². The number of aromatic amines is 1. The minimum absolute atomic E-state index is 0.345. The molecule has 1 aromatic heterocycles. The highest BCUT2D eigenvalue weighted by atomic mass is 15.2. The number of nitrogens with one attached hydrogen (secondary N) is 2. The highest BCUT2D eigenvalue weighted by molar-refractivity contribution is 5.30. The van der Waals surface area contributed by atoms with Gasteiger partial charge in [-0.25, -0.2) is 4.98 Å². The molecule has 0 radical (unpaired) electrons. The number of anilines is 1. The fourth-order valence-corrected chi connectivity index (χ4v) is 1.76. The van der Waals surface area contributed by atoms with Gasteiger partial charge in [-0.2, -0.15) is 0 Å². The zero-order valence-electron chi connectivity index (χ0n) is 7.43. The van der Waals surface area contributed by atoms with Crippen LogP contribution in [0.3, 0.4) is 0 Å². The van der Waals surface area contributed by atoms with Gasteiger partial charge in [0.2, 0.25) is 5.95 Å². The van der Waals surface area contributed by atoms with Crippen molar-refractivity contribution in [3.8, 4) is 0 Å². The summed E-state index contributed by atoms with van der Waals surface area (Å²) in [6.07, 6.45) is 8.73. The zero-order chi connectivity index (χ0) is 8.44. The number of nitrogens with zero attached hydrogens (tertiary/aromatic N) is 1. The summed E-state index contributed by atoms with van der Waals surface area (Å²) in [6.45, 7) is 2.23. The van der Waals surface area contributed by atoms with Crippen LogP contribution in [0.2, 0.25) is 0 Å². The van der Waals surface area contributed by atoms with Crippen LogP contribution >= 0.6 is 0 Å². The van der Waals surface area contributed by atoms with Crippen molar-refractivity contribution in [3.63, 3.8) is 0 Å². The molecule has 1 aliphatic rings. The average molecular weight is 165 g/mol. The lowest BCUT2D eigenvalue weighted by atomic mass is 9.75. The topological polar surface area (TPSA) is 40.7 Å². The Labute approximate surface area is 72.6 Å². The van der Waals surface area contributed by atoms with Crippen LogP contribution in [0.4, 0.5) is 5.95 Å². The van der Waals surface area contributed by atoms with Crippen LogP contribution in [-0.2, 0) is 0 Å². The lowest BCUT2D eigenvalue weighted by Gasteiger charge is -2.41. The first-order valence-electron chi connectivity index (χ1n) is 4.62. The molecule has 1 fully saturated rings. The number of hydrogen-bond donors (Lipinski definition) is 2. The molecule has 0 unspecified atom stereocenters. The van der Waals surface area contributed by atoms with Crippen molar-refractivity contribution in [1.29, 1.82) is 0 Å². The molecular formula is C9H15N3. The number of aromatic nitrogens is 2. The van der Waals surface area contributed by atoms with Gasteiger partial charge in [-0.3, -0.25) is 0 Å². The van der Waals surface area contributed by atoms with Crippen LogP contribution in [0, 0.1) is 0 Å². The molecule has 0 bridgehead atoms. The Morgan fingerprint density at radius 3 is 2.92 bits per heavy atom. The molecule has 0 amide bonds. The summed E-state index contributed by atoms with van der Waals surface area (Å²) in [5.74, 6) is 0.913. The predicted octanol–water partition coefficient (Wildman–Crippen LogP) is 2.15. The molecule has 66 valence electrons. The van der Waals surface area contributed by atoms with Crippen molar-refractivity contribution in [2.75, 3.05) is 5.32 Å². The number of hydrogen-bond acceptors (Lipinski definition) is 2. The molecule has 0 aliphatic heterocycles. The third-order valence-corrected chi connectivity index (χ3v) is 2.87. The molecule has 0 atom stereocenters. The van der Waals surface area contributed by atoms with Crippen LogP contribution in [0.25, 0.3) is 0 Å². The third-order valence-electron chi connectivity index (χ3n) is 2.87. The Hall–Kier alpha value is -0.990. The molecule has 1 heterocycles. The van der Waals surface area contributed by atoms with Crippen LogP contribution in [0.1, 0.15) is 32.6 Å². The Morgan fingerprint density at radius 2 is 2.50 bits per heavy atom. The molecule has 12 heavy (non-hydrogen) atoms. The molecule has 1 saturated carbocycles. The second-order valence-corrected chi connectivity index (χ2v) is 3.55. The van der Waals surface area contributed by atoms with Gasteiger partial charge in [0.25, 0.3) is 0 Å². The first-order chi connectivity index (χ1) is 5.85. The van der Waals surface area contributed by atoms with E-state index in [2.05, 4.69) is 22.2 Å². The van der Waals surface area contributed by atoms with Crippen molar-refractivity contribution in [2.45, 2.75) is 38.1 Å². The second-order valence-electron chi connectivity index (χ2n) is 3.55. The first kappa shape index (κ1) is 7.65. The van der Waals surface area contributed by atoms with Crippen LogP contribution in [0.5, 0.6) is 0 Å². The molecule has 2 rings (SSSR count). The highest BCUT2D eigenvalue weighted by Gasteiger charge is 2.35. The lowest BCUT2D eigenvalue weighted by Crippen LogP contribution is -2.44. The average Bonchev–Trinajstić information content (AvgIpc) is 2.49. The smallest absolute Gasteiger partial charge is 0.200 e. The van der Waals surface area contributed by atoms with E-state index in [1.54, 1.807) is 6.20 Å². The normalized spacial score (nSPS) is 20.1. The van der Waals surface area contributed by atoms with Gasteiger partial charge in [-0.05, 0) is 25.7 Å². The number of H-pyrrole nitrogens is 1. The van der Waals surface area contributed by atoms with Gasteiger partial charge in [-0.1, -0.05) is 6.92 Å². The largest absolute Gasteiger partial charge is 0.350 e. The summed E-state index contributed by atoms with van der Waals surface area (Å²) in [7, 11) is 0. The minimum atomic E-state index is 0.345. The van der Waals surface area contributed by atoms with E-state index < -0.39 is 0 Å². The standard InChI is InChI=1S/C9H15N3/c1-2-9(4-3-5-9)12-8-10-6-7-11-8/h6-7H,2-5H2,1H3,(H2,10,11,12). The van der Waals surface area contributed by atoms with E-state index in [0.717, 1.165) is 5.95 Å². The number of rotatable bonds is 3. The first-order valence-corrected chi connectivity index (χ1v) is 4.62. The summed E-state index contributed by atoms with van der Waals surface area (Å²) < 4.78 is 0. The molecule has 0 saturated heterocycles. The van der Waals surface area contributed by atoms with Gasteiger partial charge in [0.05, 0.1) is 0 Å². The van der Waals surface area contributed by atoms with Crippen molar-refractivity contribution < 1.29 is 0 Å². The molecular weight excluding hydrogens is 150 g/mol. The van der Waals surface area contributed by atoms with E-state index in [-0.39, 0.29) is 0 Å². The molecule has 3 heteroatoms. The van der Waals surface area contributed by atoms with Gasteiger partial charge in [0.15, 0.2) is 0 Å². The van der Waals surface area contributed by atoms with Crippen LogP contribution in [-0.4, -0.2) is 15.5 Å². The molecule has 0 spiro atoms. The maximum Gasteiger partial charge on any atom is 0.200 e. The van der Waals surface area contributed by atoms with Gasteiger partial charge in [0, 0.05) is 17.9 Å². The summed E-state index contributed by atoms with van der Waals surface area (Å²) in [5, 5.41) is 3.45. The molecule has 2 N–H and O–H groups in total. The van der Waals surface area contributed by atoms with Crippen molar-refractivity contribution in [2.24, 2.45) is 0 Å². The van der Waals surface area contributed by atoms with Gasteiger partial charge in [-0.15, -0.1) is 0 Å². The predicted molar refractivity (Wildman–Crippen MR) is 49.1 cm³/mol. The monoisotopic (exact) mass is 165 g/mol. The summed E-state index contributed by atoms with van der Waals surface area (Å²) in [5.41, 5.74) is 0.345. The molecule has 1 aromatic rings. The van der Waals surface area contributed by atoms with Gasteiger partial charge in [0.1, 0.15) is 0 Å². The maximum absolute atomic E-state index is 4.16. The SMILES string of the molecule is CCC1(Nc2ncc[nH]2)CCC1. The van der Waals surface area contributed by atoms with E-state index in [1.807, 2.05) is 6.20 Å². The Morgan fingerprint density at radius 1 is 1.67 bits per heavy atom. The van der Waals surface area contributed by atoms with Crippen LogP contribution in [0.15, 0.2) is 12.4 Å². The van der Waals surface area contributed by atoms with E-state index in [4.69, 9.17) is 0 Å². The number of imidazole rings is 1. The Balaban J connectivity index is 2.01. The van der Waals surface area contributed by atoms with Gasteiger partial charge >= 0.3 is 0 Å². The lowest BCUT2D eigenvalue weighted by molar-refractivity contribution is 0.268. The quantitative estimate of drug-likeness (QED) is 0.720. The van der Waals surface area contributed by atoms with Crippen LogP contribution < -0.4 is 5.32 Å². The summed E-state index contributed by atoms with van der Waals surface area (Å²) in [4.78, 5) is 7.24. The molecule has 1 aliphatic carbocycles. The van der Waals surface area contributed by atoms with Gasteiger partial charge < -0.3 is 10.3 Å². The van der Waals surface area contributed by atoms with E-state index in [0.29, 0.717) is 5.54 Å². The van der Waals surface area contributed by atoms with Crippen molar-refractivity contribution in [3.05, 3.63) is 12.4 Å². The summed E-state index contributed by atoms with van der Waals surface area (Å²) >= 11 is 0. The fraction of sp³-hybridized carbons (Fsp3) is 0.667. The van der Waals surface area contributed by atoms with E-state index in [9.17, 15) is 0 Å². The molecule has 0 aromatic carbocycles. The minimum Gasteiger partial charge on any atom is -0.350 e. The van der Waals surface area contributed by atoms with E-state index in [1.165, 1.54) is 25.7 Å². The van der Waals surface area contributed by atoms with Crippen molar-refractivity contribution in [1.82, 2.24) is 9.97 Å². The zero-order valence-corrected chi connectivity index (χ0v) is 7.43.